The number of nitrogens with two attached hydrogens (primary N) is 1. The summed E-state index contributed by atoms with van der Waals surface area (Å²) in [4.78, 5) is 31.9. The summed E-state index contributed by atoms with van der Waals surface area (Å²) < 4.78 is 8.72. The molecule has 0 bridgehead atoms. The van der Waals surface area contributed by atoms with Crippen LogP contribution in [-0.2, 0) is 23.9 Å². The molecule has 0 aromatic heterocycles. The molecule has 1 aliphatic rings. The van der Waals surface area contributed by atoms with Crippen molar-refractivity contribution < 1.29 is 23.9 Å². The number of ether oxygens (including phenoxy) is 2. The number of hydrogen-bond donors (Lipinski definition) is 1. The second-order valence-corrected chi connectivity index (χ2v) is 2.04. The van der Waals surface area contributed by atoms with Crippen molar-refractivity contribution in [1.29, 1.82) is 0 Å². The van der Waals surface area contributed by atoms with Crippen LogP contribution in [0, 0.1) is 0 Å². The van der Waals surface area contributed by atoms with Gasteiger partial charge in [0.1, 0.15) is 6.26 Å². The molecule has 0 radical (unpaired) electrons. The maximum atomic E-state index is 10.7. The van der Waals surface area contributed by atoms with Gasteiger partial charge in [-0.1, -0.05) is 0 Å². The fourth-order valence-corrected chi connectivity index (χ4v) is 0.562. The standard InChI is InChI=1S/C7H5NO5/c8-7(11)4-3-12-5(9)1-2-6(10)13-4/h1-3H,(H2,8,11)/b2-1+,4-3-. The third-order valence-corrected chi connectivity index (χ3v) is 1.09. The molecule has 6 heteroatoms. The quantitative estimate of drug-likeness (QED) is 0.524. The van der Waals surface area contributed by atoms with E-state index in [0.717, 1.165) is 12.2 Å². The molecule has 6 nitrogen and oxygen atoms in total. The number of carbonyl (C=O) groups is 3. The van der Waals surface area contributed by atoms with Gasteiger partial charge in [0.05, 0.1) is 0 Å². The van der Waals surface area contributed by atoms with Crippen molar-refractivity contribution in [2.75, 3.05) is 0 Å². The van der Waals surface area contributed by atoms with Gasteiger partial charge in [0, 0.05) is 12.2 Å². The molecule has 2 N–H and O–H groups in total. The first-order chi connectivity index (χ1) is 6.09. The van der Waals surface area contributed by atoms with E-state index in [1.807, 2.05) is 0 Å². The number of rotatable bonds is 1. The fraction of sp³-hybridized carbons (Fsp3) is 0. The third-order valence-electron chi connectivity index (χ3n) is 1.09. The van der Waals surface area contributed by atoms with Gasteiger partial charge in [0.25, 0.3) is 5.91 Å². The summed E-state index contributed by atoms with van der Waals surface area (Å²) in [5.74, 6) is -3.14. The normalized spacial score (nSPS) is 22.9. The van der Waals surface area contributed by atoms with Gasteiger partial charge in [-0.2, -0.15) is 0 Å². The molecule has 1 amide bonds. The predicted octanol–water partition coefficient (Wildman–Crippen LogP) is -1.03. The molecule has 1 aliphatic heterocycles. The summed E-state index contributed by atoms with van der Waals surface area (Å²) >= 11 is 0. The maximum absolute atomic E-state index is 10.7. The van der Waals surface area contributed by atoms with Crippen LogP contribution in [0.15, 0.2) is 24.2 Å². The Morgan fingerprint density at radius 3 is 2.46 bits per heavy atom. The fourth-order valence-electron chi connectivity index (χ4n) is 0.562. The van der Waals surface area contributed by atoms with E-state index in [-0.39, 0.29) is 0 Å². The van der Waals surface area contributed by atoms with Crippen LogP contribution < -0.4 is 5.73 Å². The molecule has 0 saturated heterocycles. The molecule has 0 fully saturated rings. The van der Waals surface area contributed by atoms with Gasteiger partial charge in [0.2, 0.25) is 5.76 Å². The van der Waals surface area contributed by atoms with Crippen molar-refractivity contribution in [2.24, 2.45) is 5.73 Å². The number of esters is 2. The van der Waals surface area contributed by atoms with Gasteiger partial charge < -0.3 is 15.2 Å². The Balaban J connectivity index is 2.88. The Labute approximate surface area is 72.6 Å². The number of carbonyl (C=O) groups excluding carboxylic acids is 3. The summed E-state index contributed by atoms with van der Waals surface area (Å²) in [5, 5.41) is 0. The predicted molar refractivity (Wildman–Crippen MR) is 38.6 cm³/mol. The van der Waals surface area contributed by atoms with Crippen molar-refractivity contribution in [3.8, 4) is 0 Å². The van der Waals surface area contributed by atoms with Gasteiger partial charge in [-0.15, -0.1) is 0 Å². The lowest BCUT2D eigenvalue weighted by atomic mass is 10.4. The lowest BCUT2D eigenvalue weighted by Crippen LogP contribution is -2.20. The number of hydrogen-bond acceptors (Lipinski definition) is 5. The minimum absolute atomic E-state index is 0.511. The Bertz CT molecular complexity index is 328. The van der Waals surface area contributed by atoms with Gasteiger partial charge in [-0.25, -0.2) is 9.59 Å². The summed E-state index contributed by atoms with van der Waals surface area (Å²) in [7, 11) is 0. The van der Waals surface area contributed by atoms with E-state index < -0.39 is 23.6 Å². The van der Waals surface area contributed by atoms with Crippen molar-refractivity contribution in [3.05, 3.63) is 24.2 Å². The van der Waals surface area contributed by atoms with Gasteiger partial charge in [0.15, 0.2) is 0 Å². The molecule has 0 aromatic carbocycles. The average Bonchev–Trinajstić information content (AvgIpc) is 2.05. The average molecular weight is 183 g/mol. The van der Waals surface area contributed by atoms with Crippen molar-refractivity contribution >= 4 is 17.8 Å². The van der Waals surface area contributed by atoms with Crippen molar-refractivity contribution in [3.63, 3.8) is 0 Å². The summed E-state index contributed by atoms with van der Waals surface area (Å²) in [6.45, 7) is 0. The van der Waals surface area contributed by atoms with E-state index in [1.165, 1.54) is 0 Å². The van der Waals surface area contributed by atoms with Crippen LogP contribution in [-0.4, -0.2) is 17.8 Å². The van der Waals surface area contributed by atoms with Crippen molar-refractivity contribution in [2.45, 2.75) is 0 Å². The SMILES string of the molecule is NC(=O)/C1=C/OC(=O)/C=C/C(=O)O1. The molecule has 0 aromatic rings. The van der Waals surface area contributed by atoms with E-state index in [1.54, 1.807) is 0 Å². The van der Waals surface area contributed by atoms with Crippen LogP contribution in [0.5, 0.6) is 0 Å². The third kappa shape index (κ3) is 2.44. The van der Waals surface area contributed by atoms with Crippen LogP contribution in [0.2, 0.25) is 0 Å². The van der Waals surface area contributed by atoms with E-state index in [9.17, 15) is 14.4 Å². The van der Waals surface area contributed by atoms with Crippen LogP contribution >= 0.6 is 0 Å². The highest BCUT2D eigenvalue weighted by atomic mass is 16.6. The van der Waals surface area contributed by atoms with E-state index in [4.69, 9.17) is 5.73 Å². The second kappa shape index (κ2) is 3.53. The highest BCUT2D eigenvalue weighted by Crippen LogP contribution is 2.02. The molecule has 0 atom stereocenters. The summed E-state index contributed by atoms with van der Waals surface area (Å²) in [5.41, 5.74) is 4.80. The molecular formula is C7H5NO5. The zero-order valence-corrected chi connectivity index (χ0v) is 6.35. The van der Waals surface area contributed by atoms with Gasteiger partial charge >= 0.3 is 11.9 Å². The van der Waals surface area contributed by atoms with Crippen LogP contribution in [0.25, 0.3) is 0 Å². The van der Waals surface area contributed by atoms with Crippen LogP contribution in [0.1, 0.15) is 0 Å². The van der Waals surface area contributed by atoms with Gasteiger partial charge in [-0.05, 0) is 0 Å². The highest BCUT2D eigenvalue weighted by molar-refractivity contribution is 5.98. The lowest BCUT2D eigenvalue weighted by Gasteiger charge is -2.04. The smallest absolute Gasteiger partial charge is 0.336 e. The van der Waals surface area contributed by atoms with E-state index >= 15 is 0 Å². The lowest BCUT2D eigenvalue weighted by molar-refractivity contribution is -0.140. The minimum Gasteiger partial charge on any atom is -0.427 e. The maximum Gasteiger partial charge on any atom is 0.336 e. The van der Waals surface area contributed by atoms with Crippen molar-refractivity contribution in [1.82, 2.24) is 0 Å². The number of amides is 1. The first kappa shape index (κ1) is 8.98. The Kier molecular flexibility index (Phi) is 2.44. The van der Waals surface area contributed by atoms with Crippen LogP contribution in [0.4, 0.5) is 0 Å². The van der Waals surface area contributed by atoms with E-state index in [0.29, 0.717) is 6.26 Å². The highest BCUT2D eigenvalue weighted by Gasteiger charge is 2.14. The first-order valence-corrected chi connectivity index (χ1v) is 3.20. The monoisotopic (exact) mass is 183 g/mol. The minimum atomic E-state index is -0.989. The van der Waals surface area contributed by atoms with Crippen LogP contribution in [0.3, 0.4) is 0 Å². The zero-order chi connectivity index (χ0) is 9.84. The Hall–Kier alpha value is -2.11. The Morgan fingerprint density at radius 2 is 1.85 bits per heavy atom. The number of cyclic esters (lactones) is 2. The Morgan fingerprint density at radius 1 is 1.23 bits per heavy atom. The molecule has 1 heterocycles. The molecule has 0 spiro atoms. The first-order valence-electron chi connectivity index (χ1n) is 3.20. The molecule has 13 heavy (non-hydrogen) atoms. The largest absolute Gasteiger partial charge is 0.427 e. The second-order valence-electron chi connectivity index (χ2n) is 2.04. The molecule has 0 saturated carbocycles. The molecule has 0 unspecified atom stereocenters. The molecule has 68 valence electrons. The summed E-state index contributed by atoms with van der Waals surface area (Å²) in [6, 6.07) is 0. The number of primary amides is 1. The topological polar surface area (TPSA) is 95.7 Å². The summed E-state index contributed by atoms with van der Waals surface area (Å²) in [6.07, 6.45) is 2.39. The van der Waals surface area contributed by atoms with E-state index in [2.05, 4.69) is 9.47 Å². The molecule has 0 aliphatic carbocycles. The molecule has 1 rings (SSSR count). The zero-order valence-electron chi connectivity index (χ0n) is 6.35. The molecular weight excluding hydrogens is 178 g/mol. The van der Waals surface area contributed by atoms with Gasteiger partial charge in [-0.3, -0.25) is 4.79 Å².